The topological polar surface area (TPSA) is 129 Å². The molecular weight excluding hydrogens is 302 g/mol. The van der Waals surface area contributed by atoms with Gasteiger partial charge in [0.1, 0.15) is 17.1 Å². The number of aromatic hydroxyl groups is 1. The molecule has 0 radical (unpaired) electrons. The van der Waals surface area contributed by atoms with E-state index < -0.39 is 17.6 Å². The molecule has 1 aromatic heterocycles. The Bertz CT molecular complexity index is 788. The first-order chi connectivity index (χ1) is 10.9. The van der Waals surface area contributed by atoms with E-state index >= 15 is 0 Å². The highest BCUT2D eigenvalue weighted by molar-refractivity contribution is 6.05. The number of carbonyl (C=O) groups excluding carboxylic acids is 2. The predicted octanol–water partition coefficient (Wildman–Crippen LogP) is 1.70. The third-order valence-corrected chi connectivity index (χ3v) is 2.81. The summed E-state index contributed by atoms with van der Waals surface area (Å²) in [6, 6.07) is 6.52. The van der Waals surface area contributed by atoms with E-state index in [0.29, 0.717) is 0 Å². The molecule has 1 aromatic carbocycles. The van der Waals surface area contributed by atoms with Gasteiger partial charge in [-0.1, -0.05) is 0 Å². The molecule has 2 amide bonds. The van der Waals surface area contributed by atoms with Gasteiger partial charge < -0.3 is 20.8 Å². The quantitative estimate of drug-likeness (QED) is 0.636. The first kappa shape index (κ1) is 16.0. The Kier molecular flexibility index (Phi) is 4.55. The molecule has 0 aliphatic carbocycles. The van der Waals surface area contributed by atoms with Gasteiger partial charge in [-0.25, -0.2) is 9.78 Å². The number of aromatic nitrogens is 1. The second kappa shape index (κ2) is 6.56. The summed E-state index contributed by atoms with van der Waals surface area (Å²) in [5, 5.41) is 23.3. The summed E-state index contributed by atoms with van der Waals surface area (Å²) >= 11 is 0. The molecule has 0 saturated carbocycles. The van der Waals surface area contributed by atoms with E-state index in [0.717, 1.165) is 6.07 Å². The molecule has 4 N–H and O–H groups in total. The van der Waals surface area contributed by atoms with Crippen molar-refractivity contribution in [2.45, 2.75) is 6.92 Å². The zero-order valence-corrected chi connectivity index (χ0v) is 12.0. The van der Waals surface area contributed by atoms with Crippen LogP contribution >= 0.6 is 0 Å². The smallest absolute Gasteiger partial charge is 0.339 e. The van der Waals surface area contributed by atoms with Crippen LogP contribution in [-0.2, 0) is 4.79 Å². The van der Waals surface area contributed by atoms with Gasteiger partial charge in [0.2, 0.25) is 5.91 Å². The van der Waals surface area contributed by atoms with Crippen molar-refractivity contribution in [1.29, 1.82) is 0 Å². The van der Waals surface area contributed by atoms with Crippen molar-refractivity contribution in [3.05, 3.63) is 47.7 Å². The molecule has 1 heterocycles. The number of aromatic carboxylic acids is 1. The highest BCUT2D eigenvalue weighted by Crippen LogP contribution is 2.22. The summed E-state index contributed by atoms with van der Waals surface area (Å²) < 4.78 is 0. The third kappa shape index (κ3) is 4.03. The molecule has 8 heteroatoms. The number of carbonyl (C=O) groups is 3. The van der Waals surface area contributed by atoms with Crippen LogP contribution in [0, 0.1) is 0 Å². The number of hydrogen-bond donors (Lipinski definition) is 4. The van der Waals surface area contributed by atoms with Gasteiger partial charge in [-0.2, -0.15) is 0 Å². The Hall–Kier alpha value is -3.42. The summed E-state index contributed by atoms with van der Waals surface area (Å²) in [6.45, 7) is 1.32. The van der Waals surface area contributed by atoms with Crippen molar-refractivity contribution in [1.82, 2.24) is 4.98 Å². The van der Waals surface area contributed by atoms with Crippen LogP contribution in [0.1, 0.15) is 27.6 Å². The Balaban J connectivity index is 2.21. The van der Waals surface area contributed by atoms with E-state index in [4.69, 9.17) is 5.11 Å². The maximum absolute atomic E-state index is 12.2. The molecule has 0 atom stereocenters. The third-order valence-electron chi connectivity index (χ3n) is 2.81. The van der Waals surface area contributed by atoms with Gasteiger partial charge >= 0.3 is 5.97 Å². The molecule has 0 unspecified atom stereocenters. The Morgan fingerprint density at radius 3 is 2.48 bits per heavy atom. The van der Waals surface area contributed by atoms with E-state index in [-0.39, 0.29) is 28.5 Å². The van der Waals surface area contributed by atoms with Crippen LogP contribution in [0.25, 0.3) is 0 Å². The van der Waals surface area contributed by atoms with Crippen molar-refractivity contribution < 1.29 is 24.6 Å². The highest BCUT2D eigenvalue weighted by Gasteiger charge is 2.13. The molecular formula is C15H13N3O5. The van der Waals surface area contributed by atoms with Crippen LogP contribution in [0.3, 0.4) is 0 Å². The SMILES string of the molecule is CC(=O)Nc1cc(C(=O)Nc2ccc(O)c(C(=O)O)c2)ccn1. The minimum atomic E-state index is -1.31. The fourth-order valence-electron chi connectivity index (χ4n) is 1.81. The molecule has 2 rings (SSSR count). The Morgan fingerprint density at radius 1 is 1.09 bits per heavy atom. The van der Waals surface area contributed by atoms with E-state index in [1.165, 1.54) is 37.4 Å². The number of rotatable bonds is 4. The number of anilines is 2. The number of phenols is 1. The van der Waals surface area contributed by atoms with Crippen LogP contribution in [0.2, 0.25) is 0 Å². The van der Waals surface area contributed by atoms with Crippen LogP contribution in [-0.4, -0.2) is 33.0 Å². The molecule has 23 heavy (non-hydrogen) atoms. The zero-order chi connectivity index (χ0) is 17.0. The van der Waals surface area contributed by atoms with Crippen molar-refractivity contribution in [3.8, 4) is 5.75 Å². The van der Waals surface area contributed by atoms with Gasteiger partial charge in [-0.3, -0.25) is 9.59 Å². The Labute approximate surface area is 130 Å². The summed E-state index contributed by atoms with van der Waals surface area (Å²) in [7, 11) is 0. The summed E-state index contributed by atoms with van der Waals surface area (Å²) in [4.78, 5) is 38.0. The minimum Gasteiger partial charge on any atom is -0.507 e. The average Bonchev–Trinajstić information content (AvgIpc) is 2.48. The first-order valence-corrected chi connectivity index (χ1v) is 6.48. The van der Waals surface area contributed by atoms with Crippen molar-refractivity contribution >= 4 is 29.3 Å². The van der Waals surface area contributed by atoms with Crippen LogP contribution in [0.5, 0.6) is 5.75 Å². The normalized spacial score (nSPS) is 9.96. The number of hydrogen-bond acceptors (Lipinski definition) is 5. The molecule has 118 valence electrons. The average molecular weight is 315 g/mol. The lowest BCUT2D eigenvalue weighted by atomic mass is 10.1. The maximum atomic E-state index is 12.2. The minimum absolute atomic E-state index is 0.211. The van der Waals surface area contributed by atoms with E-state index in [1.54, 1.807) is 0 Å². The summed E-state index contributed by atoms with van der Waals surface area (Å²) in [5.41, 5.74) is 0.119. The van der Waals surface area contributed by atoms with Crippen molar-refractivity contribution in [3.63, 3.8) is 0 Å². The standard InChI is InChI=1S/C15H13N3O5/c1-8(19)17-13-6-9(4-5-16-13)14(21)18-10-2-3-12(20)11(7-10)15(22)23/h2-7,20H,1H3,(H,18,21)(H,22,23)(H,16,17,19). The largest absolute Gasteiger partial charge is 0.507 e. The predicted molar refractivity (Wildman–Crippen MR) is 81.6 cm³/mol. The van der Waals surface area contributed by atoms with Gasteiger partial charge in [-0.15, -0.1) is 0 Å². The van der Waals surface area contributed by atoms with Crippen LogP contribution in [0.4, 0.5) is 11.5 Å². The lowest BCUT2D eigenvalue weighted by Gasteiger charge is -2.08. The van der Waals surface area contributed by atoms with Crippen molar-refractivity contribution in [2.75, 3.05) is 10.6 Å². The lowest BCUT2D eigenvalue weighted by molar-refractivity contribution is -0.114. The van der Waals surface area contributed by atoms with E-state index in [2.05, 4.69) is 15.6 Å². The summed E-state index contributed by atoms with van der Waals surface area (Å²) in [6.07, 6.45) is 1.36. The second-order valence-electron chi connectivity index (χ2n) is 4.60. The fourth-order valence-corrected chi connectivity index (χ4v) is 1.81. The molecule has 0 fully saturated rings. The van der Waals surface area contributed by atoms with Gasteiger partial charge in [0.05, 0.1) is 0 Å². The molecule has 0 aliphatic heterocycles. The fraction of sp³-hybridized carbons (Fsp3) is 0.0667. The van der Waals surface area contributed by atoms with Gasteiger partial charge in [0.15, 0.2) is 0 Å². The van der Waals surface area contributed by atoms with Crippen LogP contribution in [0.15, 0.2) is 36.5 Å². The number of nitrogens with zero attached hydrogens (tertiary/aromatic N) is 1. The number of carboxylic acid groups (broad SMARTS) is 1. The van der Waals surface area contributed by atoms with Gasteiger partial charge in [-0.05, 0) is 30.3 Å². The maximum Gasteiger partial charge on any atom is 0.339 e. The number of nitrogens with one attached hydrogen (secondary N) is 2. The lowest BCUT2D eigenvalue weighted by Crippen LogP contribution is -2.14. The number of amides is 2. The van der Waals surface area contributed by atoms with E-state index in [9.17, 15) is 19.5 Å². The van der Waals surface area contributed by atoms with E-state index in [1.807, 2.05) is 0 Å². The number of carboxylic acids is 1. The van der Waals surface area contributed by atoms with Crippen molar-refractivity contribution in [2.24, 2.45) is 0 Å². The highest BCUT2D eigenvalue weighted by atomic mass is 16.4. The number of benzene rings is 1. The second-order valence-corrected chi connectivity index (χ2v) is 4.60. The first-order valence-electron chi connectivity index (χ1n) is 6.48. The molecule has 0 bridgehead atoms. The molecule has 2 aromatic rings. The Morgan fingerprint density at radius 2 is 1.83 bits per heavy atom. The van der Waals surface area contributed by atoms with Gasteiger partial charge in [0.25, 0.3) is 5.91 Å². The van der Waals surface area contributed by atoms with Gasteiger partial charge in [0, 0.05) is 24.4 Å². The van der Waals surface area contributed by atoms with Crippen LogP contribution < -0.4 is 10.6 Å². The monoisotopic (exact) mass is 315 g/mol. The number of pyridine rings is 1. The molecule has 0 aliphatic rings. The summed E-state index contributed by atoms with van der Waals surface area (Å²) in [5.74, 6) is -2.31. The molecule has 0 spiro atoms. The zero-order valence-electron chi connectivity index (χ0n) is 12.0. The molecule has 0 saturated heterocycles. The molecule has 8 nitrogen and oxygen atoms in total.